The number of aromatic nitrogens is 1. The number of hydrogen-bond donors (Lipinski definition) is 2. The molecule has 0 atom stereocenters. The van der Waals surface area contributed by atoms with Crippen LogP contribution in [0.1, 0.15) is 25.1 Å². The summed E-state index contributed by atoms with van der Waals surface area (Å²) in [5.41, 5.74) is 3.56. The maximum atomic E-state index is 11.7. The Morgan fingerprint density at radius 3 is 2.68 bits per heavy atom. The van der Waals surface area contributed by atoms with Gasteiger partial charge in [-0.25, -0.2) is 4.79 Å². The summed E-state index contributed by atoms with van der Waals surface area (Å²) in [5, 5.41) is 6.94. The van der Waals surface area contributed by atoms with E-state index in [1.165, 1.54) is 22.2 Å². The average molecular weight is 259 g/mol. The Morgan fingerprint density at radius 1 is 1.32 bits per heavy atom. The van der Waals surface area contributed by atoms with Crippen LogP contribution in [0.4, 0.5) is 4.79 Å². The predicted octanol–water partition coefficient (Wildman–Crippen LogP) is 2.69. The summed E-state index contributed by atoms with van der Waals surface area (Å²) in [7, 11) is 2.05. The van der Waals surface area contributed by atoms with Crippen molar-refractivity contribution < 1.29 is 4.79 Å². The third-order valence-electron chi connectivity index (χ3n) is 3.38. The van der Waals surface area contributed by atoms with Crippen molar-refractivity contribution >= 4 is 16.9 Å². The zero-order chi connectivity index (χ0) is 14.0. The molecule has 0 fully saturated rings. The van der Waals surface area contributed by atoms with Crippen molar-refractivity contribution in [2.24, 2.45) is 7.05 Å². The molecule has 0 aliphatic heterocycles. The van der Waals surface area contributed by atoms with E-state index in [2.05, 4.69) is 41.3 Å². The van der Waals surface area contributed by atoms with Gasteiger partial charge < -0.3 is 15.2 Å². The van der Waals surface area contributed by atoms with Gasteiger partial charge in [-0.1, -0.05) is 18.2 Å². The molecule has 0 saturated heterocycles. The highest BCUT2D eigenvalue weighted by Gasteiger charge is 2.12. The van der Waals surface area contributed by atoms with Gasteiger partial charge in [-0.15, -0.1) is 0 Å². The van der Waals surface area contributed by atoms with Crippen LogP contribution < -0.4 is 10.6 Å². The molecule has 1 heterocycles. The Bertz CT molecular complexity index is 599. The quantitative estimate of drug-likeness (QED) is 0.874. The summed E-state index contributed by atoms with van der Waals surface area (Å²) < 4.78 is 2.16. The highest BCUT2D eigenvalue weighted by molar-refractivity contribution is 5.86. The zero-order valence-corrected chi connectivity index (χ0v) is 11.9. The Hall–Kier alpha value is -1.97. The first-order chi connectivity index (χ1) is 9.00. The number of amides is 2. The van der Waals surface area contributed by atoms with Gasteiger partial charge in [0.25, 0.3) is 0 Å². The van der Waals surface area contributed by atoms with Crippen LogP contribution in [0.5, 0.6) is 0 Å². The molecule has 0 unspecified atom stereocenters. The van der Waals surface area contributed by atoms with Crippen molar-refractivity contribution in [2.75, 3.05) is 0 Å². The van der Waals surface area contributed by atoms with Gasteiger partial charge in [0.15, 0.2) is 0 Å². The van der Waals surface area contributed by atoms with Crippen LogP contribution in [0.3, 0.4) is 0 Å². The van der Waals surface area contributed by atoms with Crippen molar-refractivity contribution in [1.29, 1.82) is 0 Å². The maximum absolute atomic E-state index is 11.7. The first-order valence-electron chi connectivity index (χ1n) is 6.58. The number of para-hydroxylation sites is 1. The summed E-state index contributed by atoms with van der Waals surface area (Å²) >= 11 is 0. The fourth-order valence-corrected chi connectivity index (χ4v) is 2.30. The SMILES string of the molecule is Cc1c(CNC(=O)NC(C)C)c2ccccc2n1C. The van der Waals surface area contributed by atoms with E-state index in [1.807, 2.05) is 26.0 Å². The van der Waals surface area contributed by atoms with E-state index in [1.54, 1.807) is 0 Å². The lowest BCUT2D eigenvalue weighted by molar-refractivity contribution is 0.238. The number of hydrogen-bond acceptors (Lipinski definition) is 1. The lowest BCUT2D eigenvalue weighted by atomic mass is 10.1. The number of aryl methyl sites for hydroxylation is 1. The van der Waals surface area contributed by atoms with Crippen molar-refractivity contribution in [3.63, 3.8) is 0 Å². The van der Waals surface area contributed by atoms with Crippen LogP contribution in [-0.2, 0) is 13.6 Å². The normalized spacial score (nSPS) is 11.0. The molecule has 0 aliphatic rings. The second-order valence-electron chi connectivity index (χ2n) is 5.12. The number of rotatable bonds is 3. The monoisotopic (exact) mass is 259 g/mol. The smallest absolute Gasteiger partial charge is 0.315 e. The molecule has 1 aromatic heterocycles. The summed E-state index contributed by atoms with van der Waals surface area (Å²) in [6.07, 6.45) is 0. The molecule has 19 heavy (non-hydrogen) atoms. The highest BCUT2D eigenvalue weighted by Crippen LogP contribution is 2.24. The van der Waals surface area contributed by atoms with Gasteiger partial charge in [0.05, 0.1) is 0 Å². The topological polar surface area (TPSA) is 46.1 Å². The molecule has 1 aromatic carbocycles. The number of carbonyl (C=O) groups is 1. The van der Waals surface area contributed by atoms with E-state index >= 15 is 0 Å². The highest BCUT2D eigenvalue weighted by atomic mass is 16.2. The molecular weight excluding hydrogens is 238 g/mol. The number of fused-ring (bicyclic) bond motifs is 1. The maximum Gasteiger partial charge on any atom is 0.315 e. The van der Waals surface area contributed by atoms with E-state index < -0.39 is 0 Å². The molecular formula is C15H21N3O. The van der Waals surface area contributed by atoms with Crippen LogP contribution in [0.2, 0.25) is 0 Å². The van der Waals surface area contributed by atoms with Crippen LogP contribution in [0.15, 0.2) is 24.3 Å². The van der Waals surface area contributed by atoms with Crippen LogP contribution in [-0.4, -0.2) is 16.6 Å². The van der Waals surface area contributed by atoms with Gasteiger partial charge in [0.2, 0.25) is 0 Å². The van der Waals surface area contributed by atoms with E-state index in [0.717, 1.165) is 0 Å². The van der Waals surface area contributed by atoms with Crippen LogP contribution >= 0.6 is 0 Å². The second-order valence-corrected chi connectivity index (χ2v) is 5.12. The number of urea groups is 1. The summed E-state index contributed by atoms with van der Waals surface area (Å²) in [4.78, 5) is 11.7. The molecule has 0 saturated carbocycles. The van der Waals surface area contributed by atoms with Gasteiger partial charge in [-0.2, -0.15) is 0 Å². The molecule has 0 radical (unpaired) electrons. The standard InChI is InChI=1S/C15H21N3O/c1-10(2)17-15(19)16-9-13-11(3)18(4)14-8-6-5-7-12(13)14/h5-8,10H,9H2,1-4H3,(H2,16,17,19). The minimum absolute atomic E-state index is 0.123. The minimum Gasteiger partial charge on any atom is -0.348 e. The average Bonchev–Trinajstić information content (AvgIpc) is 2.60. The molecule has 0 spiro atoms. The molecule has 2 rings (SSSR count). The Kier molecular flexibility index (Phi) is 3.79. The van der Waals surface area contributed by atoms with Crippen LogP contribution in [0.25, 0.3) is 10.9 Å². The summed E-state index contributed by atoms with van der Waals surface area (Å²) in [6, 6.07) is 8.28. The fourth-order valence-electron chi connectivity index (χ4n) is 2.30. The number of nitrogens with one attached hydrogen (secondary N) is 2. The number of nitrogens with zero attached hydrogens (tertiary/aromatic N) is 1. The predicted molar refractivity (Wildman–Crippen MR) is 78.2 cm³/mol. The molecule has 2 N–H and O–H groups in total. The molecule has 4 nitrogen and oxygen atoms in total. The van der Waals surface area contributed by atoms with Crippen molar-refractivity contribution in [2.45, 2.75) is 33.4 Å². The molecule has 4 heteroatoms. The van der Waals surface area contributed by atoms with Crippen molar-refractivity contribution in [3.05, 3.63) is 35.5 Å². The minimum atomic E-state index is -0.123. The van der Waals surface area contributed by atoms with Gasteiger partial charge in [-0.3, -0.25) is 0 Å². The number of benzene rings is 1. The fraction of sp³-hybridized carbons (Fsp3) is 0.400. The second kappa shape index (κ2) is 5.34. The third kappa shape index (κ3) is 2.72. The molecule has 2 amide bonds. The Balaban J connectivity index is 2.21. The molecule has 0 aliphatic carbocycles. The lowest BCUT2D eigenvalue weighted by Crippen LogP contribution is -2.39. The Labute approximate surface area is 113 Å². The van der Waals surface area contributed by atoms with E-state index in [-0.39, 0.29) is 12.1 Å². The van der Waals surface area contributed by atoms with Gasteiger partial charge in [0, 0.05) is 36.2 Å². The summed E-state index contributed by atoms with van der Waals surface area (Å²) in [5.74, 6) is 0. The lowest BCUT2D eigenvalue weighted by Gasteiger charge is -2.10. The molecule has 0 bridgehead atoms. The molecule has 2 aromatic rings. The van der Waals surface area contributed by atoms with Crippen molar-refractivity contribution in [3.8, 4) is 0 Å². The van der Waals surface area contributed by atoms with E-state index in [4.69, 9.17) is 0 Å². The zero-order valence-electron chi connectivity index (χ0n) is 11.9. The number of carbonyl (C=O) groups excluding carboxylic acids is 1. The van der Waals surface area contributed by atoms with Gasteiger partial charge >= 0.3 is 6.03 Å². The van der Waals surface area contributed by atoms with Crippen molar-refractivity contribution in [1.82, 2.24) is 15.2 Å². The third-order valence-corrected chi connectivity index (χ3v) is 3.38. The first-order valence-corrected chi connectivity index (χ1v) is 6.58. The van der Waals surface area contributed by atoms with E-state index in [0.29, 0.717) is 6.54 Å². The largest absolute Gasteiger partial charge is 0.348 e. The molecule has 102 valence electrons. The van der Waals surface area contributed by atoms with Gasteiger partial charge in [-0.05, 0) is 32.4 Å². The first kappa shape index (κ1) is 13.5. The Morgan fingerprint density at radius 2 is 2.00 bits per heavy atom. The summed E-state index contributed by atoms with van der Waals surface area (Å²) in [6.45, 7) is 6.52. The van der Waals surface area contributed by atoms with Crippen LogP contribution in [0, 0.1) is 6.92 Å². The van der Waals surface area contributed by atoms with Gasteiger partial charge in [0.1, 0.15) is 0 Å². The van der Waals surface area contributed by atoms with E-state index in [9.17, 15) is 4.79 Å².